The lowest BCUT2D eigenvalue weighted by molar-refractivity contribution is -0.156. The highest BCUT2D eigenvalue weighted by atomic mass is 16.6. The summed E-state index contributed by atoms with van der Waals surface area (Å²) in [6, 6.07) is 6.11. The number of carbonyl (C=O) groups is 8. The Labute approximate surface area is 337 Å². The number of hydrogen-bond acceptors (Lipinski definition) is 10. The van der Waals surface area contributed by atoms with Crippen LogP contribution < -0.4 is 16.4 Å². The van der Waals surface area contributed by atoms with E-state index in [4.69, 9.17) is 15.2 Å². The van der Waals surface area contributed by atoms with Gasteiger partial charge >= 0.3 is 5.97 Å². The zero-order valence-corrected chi connectivity index (χ0v) is 34.9. The molecule has 1 aliphatic heterocycles. The molecule has 1 saturated carbocycles. The van der Waals surface area contributed by atoms with Gasteiger partial charge in [-0.15, -0.1) is 0 Å². The predicted molar refractivity (Wildman–Crippen MR) is 212 cm³/mol. The van der Waals surface area contributed by atoms with E-state index in [2.05, 4.69) is 10.6 Å². The van der Waals surface area contributed by atoms with Crippen molar-refractivity contribution in [2.45, 2.75) is 167 Å². The number of benzene rings is 1. The number of ether oxygens (including phenoxy) is 2. The Morgan fingerprint density at radius 1 is 0.842 bits per heavy atom. The number of rotatable bonds is 20. The highest BCUT2D eigenvalue weighted by Gasteiger charge is 2.46. The van der Waals surface area contributed by atoms with Crippen LogP contribution in [0.1, 0.15) is 131 Å². The largest absolute Gasteiger partial charge is 0.460 e. The molecule has 0 spiro atoms. The monoisotopic (exact) mass is 796 g/mol. The molecule has 14 heteroatoms. The highest BCUT2D eigenvalue weighted by Crippen LogP contribution is 2.32. The van der Waals surface area contributed by atoms with Gasteiger partial charge in [0.1, 0.15) is 17.7 Å². The van der Waals surface area contributed by atoms with Crippen LogP contribution in [0.3, 0.4) is 0 Å². The minimum atomic E-state index is -1.37. The number of carbonyl (C=O) groups excluding carboxylic acids is 8. The van der Waals surface area contributed by atoms with Crippen molar-refractivity contribution < 1.29 is 47.8 Å². The van der Waals surface area contributed by atoms with Gasteiger partial charge in [-0.1, -0.05) is 62.9 Å². The number of nitrogens with zero attached hydrogens (tertiary/aromatic N) is 1. The molecule has 0 bridgehead atoms. The highest BCUT2D eigenvalue weighted by molar-refractivity contribution is 6.38. The van der Waals surface area contributed by atoms with Gasteiger partial charge in [-0.2, -0.15) is 0 Å². The van der Waals surface area contributed by atoms with Crippen LogP contribution in [-0.2, 0) is 54.3 Å². The number of ketones is 3. The predicted octanol–water partition coefficient (Wildman–Crippen LogP) is 4.07. The fourth-order valence-electron chi connectivity index (χ4n) is 7.63. The zero-order valence-electron chi connectivity index (χ0n) is 34.9. The van der Waals surface area contributed by atoms with E-state index >= 15 is 0 Å². The molecule has 1 aliphatic carbocycles. The van der Waals surface area contributed by atoms with E-state index in [-0.39, 0.29) is 55.7 Å². The van der Waals surface area contributed by atoms with Crippen LogP contribution in [0.4, 0.5) is 0 Å². The van der Waals surface area contributed by atoms with E-state index in [1.807, 2.05) is 58.0 Å². The van der Waals surface area contributed by atoms with Crippen molar-refractivity contribution in [1.29, 1.82) is 0 Å². The van der Waals surface area contributed by atoms with Gasteiger partial charge in [0.25, 0.3) is 0 Å². The third-order valence-corrected chi connectivity index (χ3v) is 10.1. The number of amides is 4. The van der Waals surface area contributed by atoms with Gasteiger partial charge in [0.2, 0.25) is 29.4 Å². The van der Waals surface area contributed by atoms with Crippen molar-refractivity contribution in [3.05, 3.63) is 35.9 Å². The van der Waals surface area contributed by atoms with Crippen LogP contribution in [0, 0.1) is 11.8 Å². The molecule has 5 atom stereocenters. The van der Waals surface area contributed by atoms with Gasteiger partial charge in [0.15, 0.2) is 11.6 Å². The summed E-state index contributed by atoms with van der Waals surface area (Å²) in [5.41, 5.74) is 4.80. The molecular weight excluding hydrogens is 732 g/mol. The van der Waals surface area contributed by atoms with Crippen molar-refractivity contribution in [2.75, 3.05) is 6.54 Å². The van der Waals surface area contributed by atoms with Gasteiger partial charge < -0.3 is 30.7 Å². The van der Waals surface area contributed by atoms with Crippen LogP contribution in [0.2, 0.25) is 0 Å². The second-order valence-corrected chi connectivity index (χ2v) is 17.5. The topological polar surface area (TPSA) is 208 Å². The smallest absolute Gasteiger partial charge is 0.308 e. The van der Waals surface area contributed by atoms with Crippen molar-refractivity contribution in [2.24, 2.45) is 17.6 Å². The Morgan fingerprint density at radius 2 is 1.49 bits per heavy atom. The third-order valence-electron chi connectivity index (χ3n) is 10.1. The number of nitrogens with one attached hydrogen (secondary N) is 2. The molecule has 2 aliphatic rings. The molecule has 1 unspecified atom stereocenters. The van der Waals surface area contributed by atoms with Crippen LogP contribution in [-0.4, -0.2) is 93.8 Å². The first-order chi connectivity index (χ1) is 26.7. The second kappa shape index (κ2) is 21.3. The average Bonchev–Trinajstić information content (AvgIpc) is 3.54. The molecule has 4 amide bonds. The summed E-state index contributed by atoms with van der Waals surface area (Å²) in [7, 11) is 0. The van der Waals surface area contributed by atoms with E-state index in [0.29, 0.717) is 6.42 Å². The van der Waals surface area contributed by atoms with Gasteiger partial charge in [-0.05, 0) is 72.3 Å². The molecule has 3 rings (SSSR count). The SMILES string of the molecule is CCCC(CC(=O)[C@@H]1C[C@@H](OC(C)(C)C)CN1C(=O)[C@@H](NC(=O)Cc1ccccc1)C1CCCCC1)C(=O)C(=O)CCC(=O)N[C@H](CC(=O)OC(C)(C)C)C(N)=O. The van der Waals surface area contributed by atoms with Gasteiger partial charge in [-0.25, -0.2) is 0 Å². The summed E-state index contributed by atoms with van der Waals surface area (Å²) in [5, 5.41) is 5.36. The minimum Gasteiger partial charge on any atom is -0.460 e. The first kappa shape index (κ1) is 46.9. The second-order valence-electron chi connectivity index (χ2n) is 17.5. The van der Waals surface area contributed by atoms with Gasteiger partial charge in [0, 0.05) is 38.1 Å². The summed E-state index contributed by atoms with van der Waals surface area (Å²) in [6.45, 7) is 12.6. The molecule has 57 heavy (non-hydrogen) atoms. The number of hydrogen-bond donors (Lipinski definition) is 3. The van der Waals surface area contributed by atoms with Crippen molar-refractivity contribution in [1.82, 2.24) is 15.5 Å². The summed E-state index contributed by atoms with van der Waals surface area (Å²) in [5.74, 6) is -6.26. The fraction of sp³-hybridized carbons (Fsp3) is 0.674. The quantitative estimate of drug-likeness (QED) is 0.127. The number of primary amides is 1. The average molecular weight is 797 g/mol. The number of likely N-dealkylation sites (tertiary alicyclic amines) is 1. The summed E-state index contributed by atoms with van der Waals surface area (Å²) >= 11 is 0. The standard InChI is InChI=1S/C43H64N4O10/c1-8-15-29(39(53)33(48)20-21-35(50)45-31(40(44)54)25-37(52)57-43(5,6)7)23-34(49)32-24-30(56-42(2,3)4)26-47(32)41(55)38(28-18-13-10-14-19-28)46-36(51)22-27-16-11-9-12-17-27/h9,11-12,16-17,28-32,38H,8,10,13-15,18-26H2,1-7H3,(H2,44,54)(H,45,50)(H,46,51)/t29?,30-,31-,32+,38+/m1/s1. The van der Waals surface area contributed by atoms with Gasteiger partial charge in [-0.3, -0.25) is 38.4 Å². The lowest BCUT2D eigenvalue weighted by Crippen LogP contribution is -2.55. The molecule has 1 saturated heterocycles. The first-order valence-electron chi connectivity index (χ1n) is 20.4. The molecule has 2 fully saturated rings. The Kier molecular flexibility index (Phi) is 17.6. The van der Waals surface area contributed by atoms with Crippen LogP contribution in [0.5, 0.6) is 0 Å². The van der Waals surface area contributed by atoms with Crippen molar-refractivity contribution in [3.8, 4) is 0 Å². The van der Waals surface area contributed by atoms with Crippen molar-refractivity contribution in [3.63, 3.8) is 0 Å². The lowest BCUT2D eigenvalue weighted by Gasteiger charge is -2.35. The van der Waals surface area contributed by atoms with Crippen molar-refractivity contribution >= 4 is 46.9 Å². The normalized spacial score (nSPS) is 19.2. The molecule has 14 nitrogen and oxygen atoms in total. The molecule has 316 valence electrons. The summed E-state index contributed by atoms with van der Waals surface area (Å²) in [4.78, 5) is 107. The van der Waals surface area contributed by atoms with Crippen LogP contribution in [0.25, 0.3) is 0 Å². The van der Waals surface area contributed by atoms with Crippen LogP contribution >= 0.6 is 0 Å². The van der Waals surface area contributed by atoms with Crippen LogP contribution in [0.15, 0.2) is 30.3 Å². The molecule has 0 radical (unpaired) electrons. The van der Waals surface area contributed by atoms with E-state index in [0.717, 1.165) is 37.7 Å². The zero-order chi connectivity index (χ0) is 42.5. The Bertz CT molecular complexity index is 1590. The molecule has 0 aromatic heterocycles. The Balaban J connectivity index is 1.75. The molecular formula is C43H64N4O10. The molecule has 4 N–H and O–H groups in total. The molecule has 1 aromatic rings. The third kappa shape index (κ3) is 15.8. The lowest BCUT2D eigenvalue weighted by atomic mass is 9.83. The minimum absolute atomic E-state index is 0.101. The fourth-order valence-corrected chi connectivity index (χ4v) is 7.63. The maximum atomic E-state index is 14.6. The molecule has 1 heterocycles. The van der Waals surface area contributed by atoms with E-state index in [1.54, 1.807) is 20.8 Å². The summed E-state index contributed by atoms with van der Waals surface area (Å²) < 4.78 is 11.5. The number of nitrogens with two attached hydrogens (primary N) is 1. The van der Waals surface area contributed by atoms with E-state index in [9.17, 15) is 38.4 Å². The first-order valence-corrected chi connectivity index (χ1v) is 20.4. The number of esters is 1. The van der Waals surface area contributed by atoms with E-state index < -0.39 is 90.0 Å². The maximum Gasteiger partial charge on any atom is 0.308 e. The Hall–Kier alpha value is -4.46. The van der Waals surface area contributed by atoms with Gasteiger partial charge in [0.05, 0.1) is 30.6 Å². The number of Topliss-reactive ketones (excluding diaryl/α,β-unsaturated/α-hetero) is 3. The summed E-state index contributed by atoms with van der Waals surface area (Å²) in [6.07, 6.45) is 3.21. The van der Waals surface area contributed by atoms with E-state index in [1.165, 1.54) is 4.90 Å². The molecule has 1 aromatic carbocycles. The maximum absolute atomic E-state index is 14.6. The Morgan fingerprint density at radius 3 is 2.07 bits per heavy atom.